The lowest BCUT2D eigenvalue weighted by Gasteiger charge is -2.30. The van der Waals surface area contributed by atoms with E-state index in [0.29, 0.717) is 12.6 Å². The maximum atomic E-state index is 11.4. The monoisotopic (exact) mass is 212 g/mol. The molecule has 0 aromatic heterocycles. The van der Waals surface area contributed by atoms with E-state index in [1.165, 1.54) is 19.3 Å². The molecule has 0 bridgehead atoms. The molecule has 2 fully saturated rings. The summed E-state index contributed by atoms with van der Waals surface area (Å²) in [5.41, 5.74) is 0. The molecule has 0 aliphatic carbocycles. The molecule has 0 aromatic rings. The number of carbonyl (C=O) groups is 1. The summed E-state index contributed by atoms with van der Waals surface area (Å²) in [5.74, 6) is 0.150. The van der Waals surface area contributed by atoms with Crippen LogP contribution < -0.4 is 5.32 Å². The summed E-state index contributed by atoms with van der Waals surface area (Å²) in [6.45, 7) is 3.77. The maximum absolute atomic E-state index is 11.4. The lowest BCUT2D eigenvalue weighted by Crippen LogP contribution is -2.44. The Hall–Kier alpha value is -0.610. The summed E-state index contributed by atoms with van der Waals surface area (Å²) >= 11 is 0. The lowest BCUT2D eigenvalue weighted by atomic mass is 10.0. The minimum absolute atomic E-state index is 0.150. The van der Waals surface area contributed by atoms with E-state index in [2.05, 4.69) is 5.32 Å². The van der Waals surface area contributed by atoms with Gasteiger partial charge in [0.05, 0.1) is 6.61 Å². The van der Waals surface area contributed by atoms with Gasteiger partial charge in [-0.1, -0.05) is 6.42 Å². The molecule has 0 radical (unpaired) electrons. The number of rotatable bonds is 3. The van der Waals surface area contributed by atoms with Crippen molar-refractivity contribution in [2.45, 2.75) is 31.7 Å². The van der Waals surface area contributed by atoms with E-state index in [4.69, 9.17) is 4.74 Å². The molecule has 0 saturated carbocycles. The van der Waals surface area contributed by atoms with Crippen LogP contribution in [0.25, 0.3) is 0 Å². The van der Waals surface area contributed by atoms with Crippen molar-refractivity contribution in [2.75, 3.05) is 32.8 Å². The summed E-state index contributed by atoms with van der Waals surface area (Å²) in [6, 6.07) is 0.620. The molecule has 1 atom stereocenters. The van der Waals surface area contributed by atoms with Gasteiger partial charge in [-0.25, -0.2) is 0 Å². The first-order chi connectivity index (χ1) is 7.36. The molecule has 2 rings (SSSR count). The number of piperidine rings is 1. The fraction of sp³-hybridized carbons (Fsp3) is 0.909. The second-order valence-corrected chi connectivity index (χ2v) is 4.37. The van der Waals surface area contributed by atoms with Crippen molar-refractivity contribution in [3.05, 3.63) is 0 Å². The number of hydrogen-bond acceptors (Lipinski definition) is 3. The average Bonchev–Trinajstić information content (AvgIpc) is 2.29. The van der Waals surface area contributed by atoms with Crippen LogP contribution >= 0.6 is 0 Å². The van der Waals surface area contributed by atoms with Crippen molar-refractivity contribution in [3.63, 3.8) is 0 Å². The van der Waals surface area contributed by atoms with E-state index in [9.17, 15) is 4.79 Å². The third kappa shape index (κ3) is 3.18. The van der Waals surface area contributed by atoms with Crippen LogP contribution in [-0.4, -0.2) is 49.7 Å². The predicted molar refractivity (Wildman–Crippen MR) is 57.7 cm³/mol. The fourth-order valence-corrected chi connectivity index (χ4v) is 2.27. The third-order valence-electron chi connectivity index (χ3n) is 3.24. The van der Waals surface area contributed by atoms with Gasteiger partial charge in [0, 0.05) is 19.1 Å². The Bertz CT molecular complexity index is 215. The molecule has 86 valence electrons. The van der Waals surface area contributed by atoms with E-state index in [-0.39, 0.29) is 12.5 Å². The molecule has 4 heteroatoms. The minimum Gasteiger partial charge on any atom is -0.370 e. The van der Waals surface area contributed by atoms with E-state index < -0.39 is 0 Å². The standard InChI is InChI=1S/C11H20N2O2/c14-11-9-15-8-7-13(11)6-4-10-3-1-2-5-12-10/h10,12H,1-9H2. The third-order valence-corrected chi connectivity index (χ3v) is 3.24. The Labute approximate surface area is 91.0 Å². The smallest absolute Gasteiger partial charge is 0.248 e. The van der Waals surface area contributed by atoms with Crippen LogP contribution in [0, 0.1) is 0 Å². The second-order valence-electron chi connectivity index (χ2n) is 4.37. The number of morpholine rings is 1. The number of amides is 1. The fourth-order valence-electron chi connectivity index (χ4n) is 2.27. The van der Waals surface area contributed by atoms with Crippen molar-refractivity contribution < 1.29 is 9.53 Å². The maximum Gasteiger partial charge on any atom is 0.248 e. The van der Waals surface area contributed by atoms with Gasteiger partial charge in [0.2, 0.25) is 5.91 Å². The number of nitrogens with zero attached hydrogens (tertiary/aromatic N) is 1. The number of ether oxygens (including phenoxy) is 1. The Kier molecular flexibility index (Phi) is 3.97. The van der Waals surface area contributed by atoms with Crippen LogP contribution in [0.2, 0.25) is 0 Å². The topological polar surface area (TPSA) is 41.6 Å². The molecule has 4 nitrogen and oxygen atoms in total. The van der Waals surface area contributed by atoms with Crippen LogP contribution in [0.1, 0.15) is 25.7 Å². The van der Waals surface area contributed by atoms with E-state index in [1.54, 1.807) is 0 Å². The number of hydrogen-bond donors (Lipinski definition) is 1. The molecule has 1 unspecified atom stereocenters. The first kappa shape index (κ1) is 10.9. The zero-order valence-corrected chi connectivity index (χ0v) is 9.21. The molecule has 1 amide bonds. The summed E-state index contributed by atoms with van der Waals surface area (Å²) in [4.78, 5) is 13.4. The molecule has 2 aliphatic rings. The Morgan fingerprint density at radius 1 is 1.47 bits per heavy atom. The van der Waals surface area contributed by atoms with Gasteiger partial charge in [0.25, 0.3) is 0 Å². The Morgan fingerprint density at radius 3 is 3.13 bits per heavy atom. The van der Waals surface area contributed by atoms with Gasteiger partial charge in [0.1, 0.15) is 6.61 Å². The highest BCUT2D eigenvalue weighted by molar-refractivity contribution is 5.77. The van der Waals surface area contributed by atoms with Crippen LogP contribution in [-0.2, 0) is 9.53 Å². The van der Waals surface area contributed by atoms with Gasteiger partial charge in [-0.3, -0.25) is 4.79 Å². The minimum atomic E-state index is 0.150. The first-order valence-corrected chi connectivity index (χ1v) is 5.95. The van der Waals surface area contributed by atoms with Crippen molar-refractivity contribution in [2.24, 2.45) is 0 Å². The quantitative estimate of drug-likeness (QED) is 0.735. The zero-order chi connectivity index (χ0) is 10.5. The van der Waals surface area contributed by atoms with Gasteiger partial charge in [-0.05, 0) is 25.8 Å². The van der Waals surface area contributed by atoms with E-state index in [1.807, 2.05) is 4.90 Å². The highest BCUT2D eigenvalue weighted by Gasteiger charge is 2.20. The van der Waals surface area contributed by atoms with Crippen molar-refractivity contribution in [3.8, 4) is 0 Å². The van der Waals surface area contributed by atoms with Gasteiger partial charge >= 0.3 is 0 Å². The van der Waals surface area contributed by atoms with E-state index >= 15 is 0 Å². The summed E-state index contributed by atoms with van der Waals surface area (Å²) in [7, 11) is 0. The first-order valence-electron chi connectivity index (χ1n) is 5.95. The van der Waals surface area contributed by atoms with Gasteiger partial charge < -0.3 is 15.0 Å². The highest BCUT2D eigenvalue weighted by Crippen LogP contribution is 2.11. The largest absolute Gasteiger partial charge is 0.370 e. The van der Waals surface area contributed by atoms with Gasteiger partial charge in [-0.15, -0.1) is 0 Å². The van der Waals surface area contributed by atoms with E-state index in [0.717, 1.165) is 26.1 Å². The predicted octanol–water partition coefficient (Wildman–Crippen LogP) is 0.377. The Morgan fingerprint density at radius 2 is 2.40 bits per heavy atom. The summed E-state index contributed by atoms with van der Waals surface area (Å²) in [5, 5.41) is 3.50. The molecule has 0 spiro atoms. The highest BCUT2D eigenvalue weighted by atomic mass is 16.5. The van der Waals surface area contributed by atoms with Gasteiger partial charge in [0.15, 0.2) is 0 Å². The normalized spacial score (nSPS) is 28.1. The second kappa shape index (κ2) is 5.47. The van der Waals surface area contributed by atoms with Crippen molar-refractivity contribution in [1.29, 1.82) is 0 Å². The molecule has 2 heterocycles. The van der Waals surface area contributed by atoms with Crippen LogP contribution in [0.15, 0.2) is 0 Å². The Balaban J connectivity index is 1.69. The van der Waals surface area contributed by atoms with Crippen LogP contribution in [0.5, 0.6) is 0 Å². The molecule has 2 aliphatic heterocycles. The molecular weight excluding hydrogens is 192 g/mol. The molecule has 2 saturated heterocycles. The lowest BCUT2D eigenvalue weighted by molar-refractivity contribution is -0.142. The summed E-state index contributed by atoms with van der Waals surface area (Å²) in [6.07, 6.45) is 4.98. The molecule has 15 heavy (non-hydrogen) atoms. The zero-order valence-electron chi connectivity index (χ0n) is 9.21. The number of nitrogens with one attached hydrogen (secondary N) is 1. The van der Waals surface area contributed by atoms with Crippen LogP contribution in [0.4, 0.5) is 0 Å². The van der Waals surface area contributed by atoms with Crippen molar-refractivity contribution in [1.82, 2.24) is 10.2 Å². The van der Waals surface area contributed by atoms with Crippen molar-refractivity contribution >= 4 is 5.91 Å². The molecular formula is C11H20N2O2. The SMILES string of the molecule is O=C1COCCN1CCC1CCCCN1. The molecule has 1 N–H and O–H groups in total. The number of carbonyl (C=O) groups excluding carboxylic acids is 1. The molecule has 0 aromatic carbocycles. The summed E-state index contributed by atoms with van der Waals surface area (Å²) < 4.78 is 5.10. The van der Waals surface area contributed by atoms with Crippen LogP contribution in [0.3, 0.4) is 0 Å². The average molecular weight is 212 g/mol. The van der Waals surface area contributed by atoms with Gasteiger partial charge in [-0.2, -0.15) is 0 Å².